The molecule has 0 amide bonds. The van der Waals surface area contributed by atoms with Crippen LogP contribution in [0.15, 0.2) is 138 Å². The Bertz CT molecular complexity index is 2230. The predicted molar refractivity (Wildman–Crippen MR) is 173 cm³/mol. The first-order chi connectivity index (χ1) is 20.2. The predicted octanol–water partition coefficient (Wildman–Crippen LogP) is 11.1. The summed E-state index contributed by atoms with van der Waals surface area (Å²) < 4.78 is 8.73. The fraction of sp³-hybridized carbons (Fsp3) is 0.0769. The summed E-state index contributed by atoms with van der Waals surface area (Å²) >= 11 is 0. The second-order valence-electron chi connectivity index (χ2n) is 11.2. The van der Waals surface area contributed by atoms with E-state index in [0.717, 1.165) is 27.6 Å². The second kappa shape index (κ2) is 9.25. The summed E-state index contributed by atoms with van der Waals surface area (Å²) in [7, 11) is 0. The maximum absolute atomic E-state index is 6.30. The number of benzene rings is 6. The summed E-state index contributed by atoms with van der Waals surface area (Å²) in [6.07, 6.45) is 0. The van der Waals surface area contributed by atoms with Crippen molar-refractivity contribution >= 4 is 43.7 Å². The van der Waals surface area contributed by atoms with Crippen LogP contribution in [0, 0.1) is 0 Å². The topological polar surface area (TPSA) is 18.1 Å². The molecule has 2 heteroatoms. The number of fused-ring (bicyclic) bond motifs is 6. The SMILES string of the molecule is CC(C)c1ccc2c(c1)c1c(-c3cccc(-c4ccccc4)c3)cccc1n2-c1cccc2oc3ccccc3c12. The van der Waals surface area contributed by atoms with Crippen LogP contribution in [0.2, 0.25) is 0 Å². The van der Waals surface area contributed by atoms with Crippen LogP contribution in [0.3, 0.4) is 0 Å². The van der Waals surface area contributed by atoms with E-state index in [1.54, 1.807) is 0 Å². The molecule has 0 aliphatic heterocycles. The third kappa shape index (κ3) is 3.72. The van der Waals surface area contributed by atoms with Gasteiger partial charge in [-0.3, -0.25) is 0 Å². The van der Waals surface area contributed by atoms with E-state index in [0.29, 0.717) is 5.92 Å². The van der Waals surface area contributed by atoms with Crippen LogP contribution in [0.25, 0.3) is 71.7 Å². The molecule has 0 aliphatic rings. The van der Waals surface area contributed by atoms with E-state index in [1.165, 1.54) is 49.6 Å². The van der Waals surface area contributed by atoms with E-state index in [1.807, 2.05) is 6.07 Å². The van der Waals surface area contributed by atoms with Crippen molar-refractivity contribution < 1.29 is 4.42 Å². The average molecular weight is 528 g/mol. The summed E-state index contributed by atoms with van der Waals surface area (Å²) in [6, 6.07) is 48.0. The first-order valence-corrected chi connectivity index (χ1v) is 14.3. The molecule has 2 nitrogen and oxygen atoms in total. The standard InChI is InChI=1S/C39H29NO/c1-25(2)27-21-22-33-32(24-27)38-30(29-14-8-13-28(23-29)26-11-4-3-5-12-26)16-9-17-34(38)40(33)35-18-10-20-37-39(35)31-15-6-7-19-36(31)41-37/h3-25H,1-2H3. The maximum Gasteiger partial charge on any atom is 0.137 e. The smallest absolute Gasteiger partial charge is 0.137 e. The molecule has 0 spiro atoms. The van der Waals surface area contributed by atoms with Gasteiger partial charge < -0.3 is 8.98 Å². The summed E-state index contributed by atoms with van der Waals surface area (Å²) in [6.45, 7) is 4.53. The zero-order valence-electron chi connectivity index (χ0n) is 23.1. The number of rotatable bonds is 4. The highest BCUT2D eigenvalue weighted by Gasteiger charge is 2.20. The van der Waals surface area contributed by atoms with Gasteiger partial charge in [-0.1, -0.05) is 105 Å². The highest BCUT2D eigenvalue weighted by Crippen LogP contribution is 2.42. The molecule has 8 rings (SSSR count). The van der Waals surface area contributed by atoms with E-state index in [-0.39, 0.29) is 0 Å². The molecule has 0 fully saturated rings. The van der Waals surface area contributed by atoms with Crippen LogP contribution >= 0.6 is 0 Å². The Morgan fingerprint density at radius 3 is 2.12 bits per heavy atom. The number of hydrogen-bond acceptors (Lipinski definition) is 1. The lowest BCUT2D eigenvalue weighted by Gasteiger charge is -2.11. The van der Waals surface area contributed by atoms with Gasteiger partial charge in [0.25, 0.3) is 0 Å². The third-order valence-corrected chi connectivity index (χ3v) is 8.38. The second-order valence-corrected chi connectivity index (χ2v) is 11.2. The lowest BCUT2D eigenvalue weighted by molar-refractivity contribution is 0.669. The molecule has 2 aromatic heterocycles. The van der Waals surface area contributed by atoms with Gasteiger partial charge in [-0.25, -0.2) is 0 Å². The van der Waals surface area contributed by atoms with E-state index in [9.17, 15) is 0 Å². The molecule has 6 aromatic carbocycles. The van der Waals surface area contributed by atoms with Gasteiger partial charge >= 0.3 is 0 Å². The Morgan fingerprint density at radius 1 is 0.512 bits per heavy atom. The van der Waals surface area contributed by atoms with Crippen molar-refractivity contribution in [1.29, 1.82) is 0 Å². The zero-order chi connectivity index (χ0) is 27.5. The van der Waals surface area contributed by atoms with E-state index >= 15 is 0 Å². The van der Waals surface area contributed by atoms with Crippen molar-refractivity contribution in [3.05, 3.63) is 139 Å². The van der Waals surface area contributed by atoms with Crippen LogP contribution in [-0.2, 0) is 0 Å². The van der Waals surface area contributed by atoms with E-state index < -0.39 is 0 Å². The minimum atomic E-state index is 0.438. The molecule has 41 heavy (non-hydrogen) atoms. The van der Waals surface area contributed by atoms with E-state index in [2.05, 4.69) is 146 Å². The fourth-order valence-corrected chi connectivity index (χ4v) is 6.39. The van der Waals surface area contributed by atoms with Crippen molar-refractivity contribution in [2.24, 2.45) is 0 Å². The number of hydrogen-bond donors (Lipinski definition) is 0. The number of furan rings is 1. The van der Waals surface area contributed by atoms with Gasteiger partial charge in [0.05, 0.1) is 22.1 Å². The fourth-order valence-electron chi connectivity index (χ4n) is 6.39. The Balaban J connectivity index is 1.48. The Hall–Kier alpha value is -5.08. The molecule has 8 aromatic rings. The Morgan fingerprint density at radius 2 is 1.24 bits per heavy atom. The molecule has 2 heterocycles. The average Bonchev–Trinajstić information content (AvgIpc) is 3.57. The molecule has 0 N–H and O–H groups in total. The molecule has 0 radical (unpaired) electrons. The van der Waals surface area contributed by atoms with Crippen molar-refractivity contribution in [1.82, 2.24) is 4.57 Å². The van der Waals surface area contributed by atoms with Crippen LogP contribution in [-0.4, -0.2) is 4.57 Å². The summed E-state index contributed by atoms with van der Waals surface area (Å²) in [5, 5.41) is 4.83. The first-order valence-electron chi connectivity index (χ1n) is 14.3. The summed E-state index contributed by atoms with van der Waals surface area (Å²) in [5.74, 6) is 0.438. The summed E-state index contributed by atoms with van der Waals surface area (Å²) in [4.78, 5) is 0. The molecule has 0 bridgehead atoms. The number of nitrogens with zero attached hydrogens (tertiary/aromatic N) is 1. The molecular formula is C39H29NO. The number of aromatic nitrogens is 1. The van der Waals surface area contributed by atoms with Crippen molar-refractivity contribution in [2.75, 3.05) is 0 Å². The minimum absolute atomic E-state index is 0.438. The van der Waals surface area contributed by atoms with Crippen LogP contribution in [0.1, 0.15) is 25.3 Å². The Kier molecular flexibility index (Phi) is 5.36. The van der Waals surface area contributed by atoms with Gasteiger partial charge in [0.1, 0.15) is 11.2 Å². The lowest BCUT2D eigenvalue weighted by Crippen LogP contribution is -1.95. The zero-order valence-corrected chi connectivity index (χ0v) is 23.1. The van der Waals surface area contributed by atoms with Crippen molar-refractivity contribution in [2.45, 2.75) is 19.8 Å². The van der Waals surface area contributed by atoms with Crippen LogP contribution in [0.5, 0.6) is 0 Å². The van der Waals surface area contributed by atoms with Crippen molar-refractivity contribution in [3.8, 4) is 27.9 Å². The van der Waals surface area contributed by atoms with Gasteiger partial charge in [0, 0.05) is 16.2 Å². The van der Waals surface area contributed by atoms with E-state index in [4.69, 9.17) is 4.42 Å². The largest absolute Gasteiger partial charge is 0.456 e. The van der Waals surface area contributed by atoms with Crippen molar-refractivity contribution in [3.63, 3.8) is 0 Å². The normalized spacial score (nSPS) is 11.9. The Labute approximate surface area is 239 Å². The highest BCUT2D eigenvalue weighted by molar-refractivity contribution is 6.18. The van der Waals surface area contributed by atoms with Crippen LogP contribution in [0.4, 0.5) is 0 Å². The van der Waals surface area contributed by atoms with Gasteiger partial charge in [-0.05, 0) is 76.2 Å². The lowest BCUT2D eigenvalue weighted by atomic mass is 9.94. The van der Waals surface area contributed by atoms with Gasteiger partial charge in [-0.15, -0.1) is 0 Å². The third-order valence-electron chi connectivity index (χ3n) is 8.38. The molecule has 0 saturated heterocycles. The van der Waals surface area contributed by atoms with Gasteiger partial charge in [0.15, 0.2) is 0 Å². The molecule has 0 aliphatic carbocycles. The molecule has 196 valence electrons. The maximum atomic E-state index is 6.30. The van der Waals surface area contributed by atoms with Gasteiger partial charge in [0.2, 0.25) is 0 Å². The summed E-state index contributed by atoms with van der Waals surface area (Å²) in [5.41, 5.74) is 11.6. The van der Waals surface area contributed by atoms with Crippen LogP contribution < -0.4 is 0 Å². The number of para-hydroxylation sites is 1. The molecule has 0 atom stereocenters. The minimum Gasteiger partial charge on any atom is -0.456 e. The molecule has 0 saturated carbocycles. The highest BCUT2D eigenvalue weighted by atomic mass is 16.3. The first kappa shape index (κ1) is 23.8. The molecular weight excluding hydrogens is 498 g/mol. The molecule has 0 unspecified atom stereocenters. The monoisotopic (exact) mass is 527 g/mol. The van der Waals surface area contributed by atoms with Gasteiger partial charge in [-0.2, -0.15) is 0 Å². The quantitative estimate of drug-likeness (QED) is 0.223.